The highest BCUT2D eigenvalue weighted by atomic mass is 19.2. The molecule has 8 nitrogen and oxygen atoms in total. The molecule has 0 bridgehead atoms. The predicted octanol–water partition coefficient (Wildman–Crippen LogP) is 1.07. The molecule has 0 saturated heterocycles. The van der Waals surface area contributed by atoms with E-state index in [1.54, 1.807) is 6.20 Å². The third-order valence-corrected chi connectivity index (χ3v) is 3.93. The topological polar surface area (TPSA) is 116 Å². The molecule has 6 N–H and O–H groups in total. The van der Waals surface area contributed by atoms with Crippen molar-refractivity contribution in [3.05, 3.63) is 58.9 Å². The Morgan fingerprint density at radius 3 is 2.77 bits per heavy atom. The second kappa shape index (κ2) is 5.92. The Labute approximate surface area is 147 Å². The number of amidine groups is 2. The Hall–Kier alpha value is -3.27. The van der Waals surface area contributed by atoms with Gasteiger partial charge in [-0.3, -0.25) is 16.3 Å². The van der Waals surface area contributed by atoms with Crippen molar-refractivity contribution in [1.29, 1.82) is 0 Å². The second-order valence-electron chi connectivity index (χ2n) is 6.11. The summed E-state index contributed by atoms with van der Waals surface area (Å²) in [5.74, 6) is -1.70. The summed E-state index contributed by atoms with van der Waals surface area (Å²) in [5, 5.41) is 10.1. The van der Waals surface area contributed by atoms with Crippen molar-refractivity contribution in [3.63, 3.8) is 0 Å². The van der Waals surface area contributed by atoms with E-state index in [-0.39, 0.29) is 6.42 Å². The Bertz CT molecular complexity index is 961. The molecule has 1 atom stereocenters. The van der Waals surface area contributed by atoms with E-state index in [1.165, 1.54) is 6.07 Å². The van der Waals surface area contributed by atoms with Crippen LogP contribution in [-0.4, -0.2) is 27.7 Å². The third-order valence-electron chi connectivity index (χ3n) is 3.93. The van der Waals surface area contributed by atoms with Gasteiger partial charge in [0.2, 0.25) is 5.79 Å². The Morgan fingerprint density at radius 2 is 2.04 bits per heavy atom. The first kappa shape index (κ1) is 16.2. The number of benzene rings is 1. The highest BCUT2D eigenvalue weighted by Gasteiger charge is 2.34. The quantitative estimate of drug-likeness (QED) is 0.563. The summed E-state index contributed by atoms with van der Waals surface area (Å²) in [4.78, 5) is 8.89. The molecule has 1 aromatic heterocycles. The molecule has 0 amide bonds. The van der Waals surface area contributed by atoms with Crippen LogP contribution in [0.5, 0.6) is 0 Å². The summed E-state index contributed by atoms with van der Waals surface area (Å²) in [5.41, 5.74) is 14.1. The van der Waals surface area contributed by atoms with Gasteiger partial charge in [-0.15, -0.1) is 0 Å². The van der Waals surface area contributed by atoms with Gasteiger partial charge in [-0.25, -0.2) is 18.8 Å². The first-order valence-corrected chi connectivity index (χ1v) is 7.86. The maximum absolute atomic E-state index is 13.5. The van der Waals surface area contributed by atoms with E-state index in [0.717, 1.165) is 17.8 Å². The van der Waals surface area contributed by atoms with Gasteiger partial charge in [0.05, 0.1) is 5.57 Å². The van der Waals surface area contributed by atoms with Crippen LogP contribution in [-0.2, 0) is 6.42 Å². The van der Waals surface area contributed by atoms with Gasteiger partial charge in [0.25, 0.3) is 0 Å². The number of nitrogens with one attached hydrogen (secondary N) is 4. The molecule has 2 aliphatic rings. The summed E-state index contributed by atoms with van der Waals surface area (Å²) >= 11 is 0. The zero-order valence-electron chi connectivity index (χ0n) is 13.8. The minimum absolute atomic E-state index is 0.0907. The van der Waals surface area contributed by atoms with Gasteiger partial charge in [0, 0.05) is 24.4 Å². The van der Waals surface area contributed by atoms with Crippen LogP contribution in [0.2, 0.25) is 0 Å². The fraction of sp³-hybridized carbons (Fsp3) is 0.188. The smallest absolute Gasteiger partial charge is 0.210 e. The normalized spacial score (nSPS) is 21.2. The van der Waals surface area contributed by atoms with Gasteiger partial charge in [0.1, 0.15) is 5.84 Å². The lowest BCUT2D eigenvalue weighted by Crippen LogP contribution is -2.47. The largest absolute Gasteiger partial charge is 0.323 e. The highest BCUT2D eigenvalue weighted by molar-refractivity contribution is 6.28. The minimum atomic E-state index is -1.39. The molecule has 0 spiro atoms. The first-order valence-electron chi connectivity index (χ1n) is 7.86. The van der Waals surface area contributed by atoms with Crippen LogP contribution in [0, 0.1) is 18.6 Å². The van der Waals surface area contributed by atoms with Gasteiger partial charge < -0.3 is 10.7 Å². The number of halogens is 2. The number of aromatic amines is 1. The molecule has 0 radical (unpaired) electrons. The number of aryl methyl sites for hydroxylation is 1. The number of hydrogen-bond donors (Lipinski definition) is 5. The van der Waals surface area contributed by atoms with E-state index in [0.29, 0.717) is 28.6 Å². The molecular formula is C16H16F2N8. The lowest BCUT2D eigenvalue weighted by Gasteiger charge is -2.27. The summed E-state index contributed by atoms with van der Waals surface area (Å²) < 4.78 is 26.6. The lowest BCUT2D eigenvalue weighted by molar-refractivity contribution is 0.457. The second-order valence-corrected chi connectivity index (χ2v) is 6.11. The summed E-state index contributed by atoms with van der Waals surface area (Å²) in [6.07, 6.45) is 1.79. The van der Waals surface area contributed by atoms with Crippen LogP contribution in [0.25, 0.3) is 0 Å². The Balaban J connectivity index is 1.66. The minimum Gasteiger partial charge on any atom is -0.323 e. The van der Waals surface area contributed by atoms with Crippen molar-refractivity contribution in [3.8, 4) is 0 Å². The molecule has 2 aliphatic heterocycles. The zero-order valence-corrected chi connectivity index (χ0v) is 13.8. The maximum atomic E-state index is 13.5. The van der Waals surface area contributed by atoms with Crippen LogP contribution in [0.3, 0.4) is 0 Å². The number of hydrogen-bond acceptors (Lipinski definition) is 7. The molecule has 0 saturated carbocycles. The monoisotopic (exact) mass is 358 g/mol. The van der Waals surface area contributed by atoms with Crippen molar-refractivity contribution in [2.24, 2.45) is 15.7 Å². The van der Waals surface area contributed by atoms with Crippen molar-refractivity contribution in [2.45, 2.75) is 19.1 Å². The van der Waals surface area contributed by atoms with Crippen molar-refractivity contribution >= 4 is 17.5 Å². The van der Waals surface area contributed by atoms with E-state index in [9.17, 15) is 8.78 Å². The summed E-state index contributed by atoms with van der Waals surface area (Å²) in [6.45, 7) is 1.88. The van der Waals surface area contributed by atoms with Crippen molar-refractivity contribution < 1.29 is 8.78 Å². The van der Waals surface area contributed by atoms with Gasteiger partial charge in [0.15, 0.2) is 23.3 Å². The van der Waals surface area contributed by atoms with Gasteiger partial charge in [-0.05, 0) is 24.6 Å². The van der Waals surface area contributed by atoms with Gasteiger partial charge in [-0.1, -0.05) is 6.07 Å². The van der Waals surface area contributed by atoms with Crippen molar-refractivity contribution in [2.75, 3.05) is 5.32 Å². The molecule has 3 heterocycles. The number of nitrogens with zero attached hydrogens (tertiary/aromatic N) is 3. The van der Waals surface area contributed by atoms with Crippen LogP contribution < -0.4 is 21.9 Å². The molecule has 1 aromatic carbocycles. The van der Waals surface area contributed by atoms with Crippen LogP contribution in [0.15, 0.2) is 46.0 Å². The number of aliphatic imine (C=N–C) groups is 2. The van der Waals surface area contributed by atoms with Crippen LogP contribution >= 0.6 is 0 Å². The molecule has 26 heavy (non-hydrogen) atoms. The van der Waals surface area contributed by atoms with Crippen LogP contribution in [0.4, 0.5) is 14.6 Å². The molecule has 10 heteroatoms. The fourth-order valence-corrected chi connectivity index (χ4v) is 2.78. The Morgan fingerprint density at radius 1 is 1.19 bits per heavy atom. The van der Waals surface area contributed by atoms with E-state index in [1.807, 2.05) is 13.0 Å². The number of fused-ring (bicyclic) bond motifs is 1. The molecule has 0 fully saturated rings. The standard InChI is InChI=1S/C16H16F2N8/c1-8-4-13(25-24-8)21-14-10-7-20-26-15(10)23-16(19,22-14)6-9-2-3-11(17)12(18)5-9/h2-5,7H,6,19H2,1H3,(H2,20,23,26)(H2,21,22,24,25). The molecule has 2 aromatic rings. The van der Waals surface area contributed by atoms with Gasteiger partial charge >= 0.3 is 0 Å². The number of anilines is 1. The van der Waals surface area contributed by atoms with E-state index >= 15 is 0 Å². The van der Waals surface area contributed by atoms with Gasteiger partial charge in [-0.2, -0.15) is 5.10 Å². The number of hydrazine groups is 1. The summed E-state index contributed by atoms with van der Waals surface area (Å²) in [7, 11) is 0. The molecule has 0 aliphatic carbocycles. The maximum Gasteiger partial charge on any atom is 0.210 e. The fourth-order valence-electron chi connectivity index (χ4n) is 2.78. The van der Waals surface area contributed by atoms with E-state index in [4.69, 9.17) is 5.73 Å². The van der Waals surface area contributed by atoms with E-state index < -0.39 is 17.4 Å². The predicted molar refractivity (Wildman–Crippen MR) is 93.2 cm³/mol. The number of H-pyrrole nitrogens is 1. The molecule has 134 valence electrons. The average Bonchev–Trinajstić information content (AvgIpc) is 3.19. The molecule has 1 unspecified atom stereocenters. The lowest BCUT2D eigenvalue weighted by atomic mass is 10.1. The number of aromatic nitrogens is 2. The molecule has 4 rings (SSSR count). The average molecular weight is 358 g/mol. The van der Waals surface area contributed by atoms with E-state index in [2.05, 4.69) is 36.4 Å². The molecular weight excluding hydrogens is 342 g/mol. The Kier molecular flexibility index (Phi) is 3.69. The van der Waals surface area contributed by atoms with Crippen LogP contribution in [0.1, 0.15) is 11.3 Å². The number of nitrogens with two attached hydrogens (primary N) is 1. The third kappa shape index (κ3) is 3.02. The first-order chi connectivity index (χ1) is 12.4. The number of rotatable bonds is 3. The SMILES string of the molecule is Cc1cc(NC2=NC(N)(Cc3ccc(F)c(F)c3)N=C3NNC=C32)n[nH]1. The highest BCUT2D eigenvalue weighted by Crippen LogP contribution is 2.24. The zero-order chi connectivity index (χ0) is 18.3. The summed E-state index contributed by atoms with van der Waals surface area (Å²) in [6, 6.07) is 5.42. The van der Waals surface area contributed by atoms with Crippen molar-refractivity contribution in [1.82, 2.24) is 21.0 Å².